The second-order valence-electron chi connectivity index (χ2n) is 7.43. The Bertz CT molecular complexity index is 1060. The molecule has 2 heterocycles. The van der Waals surface area contributed by atoms with Gasteiger partial charge in [-0.3, -0.25) is 9.59 Å². The van der Waals surface area contributed by atoms with E-state index < -0.39 is 0 Å². The van der Waals surface area contributed by atoms with Crippen LogP contribution in [0.5, 0.6) is 5.75 Å². The highest BCUT2D eigenvalue weighted by Gasteiger charge is 2.28. The molecule has 1 aliphatic rings. The van der Waals surface area contributed by atoms with E-state index in [-0.39, 0.29) is 23.8 Å². The molecule has 7 nitrogen and oxygen atoms in total. The third kappa shape index (κ3) is 5.53. The van der Waals surface area contributed by atoms with Gasteiger partial charge < -0.3 is 20.3 Å². The summed E-state index contributed by atoms with van der Waals surface area (Å²) in [7, 11) is 0. The lowest BCUT2D eigenvalue weighted by atomic mass is 9.97. The molecule has 1 aromatic heterocycles. The first-order valence-corrected chi connectivity index (χ1v) is 11.2. The van der Waals surface area contributed by atoms with Crippen LogP contribution in [0.2, 0.25) is 0 Å². The van der Waals surface area contributed by atoms with Crippen molar-refractivity contribution in [2.45, 2.75) is 12.8 Å². The number of carbonyl (C=O) groups excluding carboxylic acids is 3. The van der Waals surface area contributed by atoms with Crippen LogP contribution in [0.15, 0.2) is 72.1 Å². The number of benzene rings is 2. The maximum atomic E-state index is 12.5. The van der Waals surface area contributed by atoms with Crippen molar-refractivity contribution in [1.29, 1.82) is 0 Å². The summed E-state index contributed by atoms with van der Waals surface area (Å²) in [4.78, 5) is 39.4. The number of esters is 1. The summed E-state index contributed by atoms with van der Waals surface area (Å²) in [6.07, 6.45) is 1.10. The molecule has 0 atom stereocenters. The Morgan fingerprint density at radius 3 is 2.19 bits per heavy atom. The Labute approximate surface area is 190 Å². The number of anilines is 2. The van der Waals surface area contributed by atoms with Crippen LogP contribution in [0.25, 0.3) is 0 Å². The maximum Gasteiger partial charge on any atom is 0.321 e. The van der Waals surface area contributed by atoms with Gasteiger partial charge in [0.2, 0.25) is 0 Å². The van der Waals surface area contributed by atoms with Crippen molar-refractivity contribution in [2.24, 2.45) is 5.92 Å². The minimum absolute atomic E-state index is 0.164. The Morgan fingerprint density at radius 1 is 0.844 bits per heavy atom. The van der Waals surface area contributed by atoms with Crippen LogP contribution < -0.4 is 15.4 Å². The second-order valence-corrected chi connectivity index (χ2v) is 8.38. The average Bonchev–Trinajstić information content (AvgIpc) is 3.36. The summed E-state index contributed by atoms with van der Waals surface area (Å²) in [6.45, 7) is 0.984. The fraction of sp³-hybridized carbons (Fsp3) is 0.208. The van der Waals surface area contributed by atoms with E-state index in [9.17, 15) is 14.4 Å². The largest absolute Gasteiger partial charge is 0.426 e. The fourth-order valence-electron chi connectivity index (χ4n) is 3.45. The van der Waals surface area contributed by atoms with E-state index in [1.807, 2.05) is 41.8 Å². The van der Waals surface area contributed by atoms with Crippen molar-refractivity contribution >= 4 is 40.6 Å². The number of amides is 3. The Hall–Kier alpha value is -3.65. The van der Waals surface area contributed by atoms with E-state index in [2.05, 4.69) is 10.6 Å². The zero-order chi connectivity index (χ0) is 22.3. The zero-order valence-electron chi connectivity index (χ0n) is 17.3. The number of nitrogens with zero attached hydrogens (tertiary/aromatic N) is 1. The molecule has 1 aliphatic heterocycles. The third-order valence-electron chi connectivity index (χ3n) is 5.22. The molecule has 2 N–H and O–H groups in total. The number of thiophene rings is 1. The molecule has 32 heavy (non-hydrogen) atoms. The monoisotopic (exact) mass is 449 g/mol. The van der Waals surface area contributed by atoms with Crippen molar-refractivity contribution in [3.8, 4) is 5.75 Å². The molecule has 1 saturated heterocycles. The highest BCUT2D eigenvalue weighted by atomic mass is 32.1. The van der Waals surface area contributed by atoms with Gasteiger partial charge in [0.25, 0.3) is 5.91 Å². The summed E-state index contributed by atoms with van der Waals surface area (Å²) in [5.41, 5.74) is 1.37. The molecule has 4 rings (SSSR count). The molecule has 3 amide bonds. The molecule has 0 aliphatic carbocycles. The number of rotatable bonds is 5. The molecule has 0 bridgehead atoms. The van der Waals surface area contributed by atoms with Crippen molar-refractivity contribution in [3.05, 3.63) is 77.0 Å². The molecule has 0 unspecified atom stereocenters. The first-order chi connectivity index (χ1) is 15.6. The van der Waals surface area contributed by atoms with Crippen LogP contribution in [0.3, 0.4) is 0 Å². The molecular weight excluding hydrogens is 426 g/mol. The van der Waals surface area contributed by atoms with Crippen LogP contribution in [0.1, 0.15) is 22.5 Å². The number of hydrogen-bond acceptors (Lipinski definition) is 5. The van der Waals surface area contributed by atoms with Gasteiger partial charge in [-0.25, -0.2) is 4.79 Å². The van der Waals surface area contributed by atoms with Crippen molar-refractivity contribution in [3.63, 3.8) is 0 Å². The van der Waals surface area contributed by atoms with Crippen LogP contribution in [0, 0.1) is 5.92 Å². The van der Waals surface area contributed by atoms with Gasteiger partial charge in [-0.1, -0.05) is 24.3 Å². The van der Waals surface area contributed by atoms with Crippen LogP contribution in [-0.2, 0) is 4.79 Å². The molecule has 1 fully saturated rings. The zero-order valence-corrected chi connectivity index (χ0v) is 18.1. The Balaban J connectivity index is 1.24. The predicted molar refractivity (Wildman–Crippen MR) is 124 cm³/mol. The lowest BCUT2D eigenvalue weighted by Crippen LogP contribution is -2.43. The number of urea groups is 1. The minimum Gasteiger partial charge on any atom is -0.426 e. The van der Waals surface area contributed by atoms with Gasteiger partial charge in [-0.15, -0.1) is 11.3 Å². The van der Waals surface area contributed by atoms with Crippen molar-refractivity contribution in [1.82, 2.24) is 4.90 Å². The molecule has 0 saturated carbocycles. The average molecular weight is 450 g/mol. The van der Waals surface area contributed by atoms with Gasteiger partial charge in [0.05, 0.1) is 10.8 Å². The smallest absolute Gasteiger partial charge is 0.321 e. The Kier molecular flexibility index (Phi) is 6.81. The maximum absolute atomic E-state index is 12.5. The lowest BCUT2D eigenvalue weighted by Gasteiger charge is -2.30. The molecule has 3 aromatic rings. The number of para-hydroxylation sites is 1. The van der Waals surface area contributed by atoms with Gasteiger partial charge >= 0.3 is 12.0 Å². The van der Waals surface area contributed by atoms with Crippen LogP contribution in [-0.4, -0.2) is 35.9 Å². The molecule has 2 aromatic carbocycles. The number of ether oxygens (including phenoxy) is 1. The highest BCUT2D eigenvalue weighted by molar-refractivity contribution is 7.12. The molecular formula is C24H23N3O4S. The van der Waals surface area contributed by atoms with Crippen LogP contribution in [0.4, 0.5) is 16.2 Å². The number of hydrogen-bond donors (Lipinski definition) is 2. The van der Waals surface area contributed by atoms with Crippen molar-refractivity contribution in [2.75, 3.05) is 23.7 Å². The summed E-state index contributed by atoms with van der Waals surface area (Å²) in [5.74, 6) is -0.307. The van der Waals surface area contributed by atoms with E-state index in [1.165, 1.54) is 11.3 Å². The van der Waals surface area contributed by atoms with E-state index in [0.29, 0.717) is 42.2 Å². The number of likely N-dealkylation sites (tertiary alicyclic amines) is 1. The molecule has 164 valence electrons. The first-order valence-electron chi connectivity index (χ1n) is 10.4. The van der Waals surface area contributed by atoms with Gasteiger partial charge in [-0.2, -0.15) is 0 Å². The predicted octanol–water partition coefficient (Wildman–Crippen LogP) is 4.85. The van der Waals surface area contributed by atoms with Gasteiger partial charge in [0.1, 0.15) is 5.75 Å². The SMILES string of the molecule is O=C(Nc1ccc(OC(=O)C2CCN(C(=O)Nc3ccccc3)CC2)cc1)c1cccs1. The molecule has 8 heteroatoms. The standard InChI is InChI=1S/C24H23N3O4S/c28-22(21-7-4-16-32-21)25-19-8-10-20(11-9-19)31-23(29)17-12-14-27(15-13-17)24(30)26-18-5-2-1-3-6-18/h1-11,16-17H,12-15H2,(H,25,28)(H,26,30). The quantitative estimate of drug-likeness (QED) is 0.431. The van der Waals surface area contributed by atoms with E-state index in [4.69, 9.17) is 4.74 Å². The van der Waals surface area contributed by atoms with E-state index in [1.54, 1.807) is 35.2 Å². The molecule has 0 spiro atoms. The number of piperidine rings is 1. The fourth-order valence-corrected chi connectivity index (χ4v) is 4.07. The summed E-state index contributed by atoms with van der Waals surface area (Å²) in [5, 5.41) is 7.52. The normalized spacial score (nSPS) is 13.9. The number of carbonyl (C=O) groups is 3. The van der Waals surface area contributed by atoms with Gasteiger partial charge in [0, 0.05) is 24.5 Å². The number of nitrogens with one attached hydrogen (secondary N) is 2. The summed E-state index contributed by atoms with van der Waals surface area (Å²) >= 11 is 1.37. The van der Waals surface area contributed by atoms with Gasteiger partial charge in [0.15, 0.2) is 0 Å². The lowest BCUT2D eigenvalue weighted by molar-refractivity contribution is -0.140. The topological polar surface area (TPSA) is 87.7 Å². The van der Waals surface area contributed by atoms with Crippen LogP contribution >= 0.6 is 11.3 Å². The van der Waals surface area contributed by atoms with E-state index in [0.717, 1.165) is 5.69 Å². The first kappa shape index (κ1) is 21.6. The summed E-state index contributed by atoms with van der Waals surface area (Å²) < 4.78 is 5.51. The summed E-state index contributed by atoms with van der Waals surface area (Å²) in [6, 6.07) is 19.4. The van der Waals surface area contributed by atoms with Gasteiger partial charge in [-0.05, 0) is 60.7 Å². The highest BCUT2D eigenvalue weighted by Crippen LogP contribution is 2.23. The Morgan fingerprint density at radius 2 is 1.53 bits per heavy atom. The minimum atomic E-state index is -0.302. The molecule has 0 radical (unpaired) electrons. The van der Waals surface area contributed by atoms with Crippen molar-refractivity contribution < 1.29 is 19.1 Å². The second kappa shape index (κ2) is 10.1. The third-order valence-corrected chi connectivity index (χ3v) is 6.08. The van der Waals surface area contributed by atoms with E-state index >= 15 is 0 Å².